The summed E-state index contributed by atoms with van der Waals surface area (Å²) in [7, 11) is 0. The number of amides is 1. The lowest BCUT2D eigenvalue weighted by Gasteiger charge is -2.27. The SMILES string of the molecule is CC(C)COCCCCC(C)(NC1CC1)C(N)=O. The first-order valence-corrected chi connectivity index (χ1v) is 7.09. The molecule has 0 aliphatic heterocycles. The van der Waals surface area contributed by atoms with Gasteiger partial charge in [-0.1, -0.05) is 13.8 Å². The van der Waals surface area contributed by atoms with Crippen LogP contribution < -0.4 is 11.1 Å². The fourth-order valence-corrected chi connectivity index (χ4v) is 1.95. The van der Waals surface area contributed by atoms with Crippen LogP contribution in [0.5, 0.6) is 0 Å². The van der Waals surface area contributed by atoms with Crippen molar-refractivity contribution in [2.24, 2.45) is 11.7 Å². The Morgan fingerprint density at radius 2 is 2.11 bits per heavy atom. The van der Waals surface area contributed by atoms with Crippen molar-refractivity contribution in [3.63, 3.8) is 0 Å². The smallest absolute Gasteiger partial charge is 0.237 e. The van der Waals surface area contributed by atoms with E-state index in [1.807, 2.05) is 6.92 Å². The van der Waals surface area contributed by atoms with Crippen molar-refractivity contribution in [1.82, 2.24) is 5.32 Å². The van der Waals surface area contributed by atoms with Gasteiger partial charge in [0.25, 0.3) is 0 Å². The van der Waals surface area contributed by atoms with Crippen LogP contribution >= 0.6 is 0 Å². The number of unbranched alkanes of at least 4 members (excludes halogenated alkanes) is 1. The first-order valence-electron chi connectivity index (χ1n) is 7.09. The summed E-state index contributed by atoms with van der Waals surface area (Å²) in [4.78, 5) is 11.5. The largest absolute Gasteiger partial charge is 0.381 e. The molecule has 4 heteroatoms. The van der Waals surface area contributed by atoms with E-state index in [1.165, 1.54) is 12.8 Å². The van der Waals surface area contributed by atoms with Crippen LogP contribution in [0.25, 0.3) is 0 Å². The number of carbonyl (C=O) groups excluding carboxylic acids is 1. The highest BCUT2D eigenvalue weighted by molar-refractivity contribution is 5.84. The van der Waals surface area contributed by atoms with Gasteiger partial charge in [-0.2, -0.15) is 0 Å². The lowest BCUT2D eigenvalue weighted by molar-refractivity contribution is -0.124. The Labute approximate surface area is 111 Å². The molecule has 4 nitrogen and oxygen atoms in total. The lowest BCUT2D eigenvalue weighted by atomic mass is 9.94. The second kappa shape index (κ2) is 7.10. The molecule has 0 radical (unpaired) electrons. The molecule has 1 rings (SSSR count). The van der Waals surface area contributed by atoms with Crippen molar-refractivity contribution >= 4 is 5.91 Å². The zero-order valence-electron chi connectivity index (χ0n) is 12.0. The van der Waals surface area contributed by atoms with Crippen LogP contribution in [0.3, 0.4) is 0 Å². The molecule has 1 aliphatic carbocycles. The van der Waals surface area contributed by atoms with Gasteiger partial charge in [0, 0.05) is 19.3 Å². The Kier molecular flexibility index (Phi) is 6.09. The van der Waals surface area contributed by atoms with Gasteiger partial charge in [-0.3, -0.25) is 4.79 Å². The fourth-order valence-electron chi connectivity index (χ4n) is 1.95. The van der Waals surface area contributed by atoms with Gasteiger partial charge in [0.15, 0.2) is 0 Å². The van der Waals surface area contributed by atoms with Crippen molar-refractivity contribution in [3.8, 4) is 0 Å². The van der Waals surface area contributed by atoms with E-state index in [2.05, 4.69) is 19.2 Å². The van der Waals surface area contributed by atoms with Gasteiger partial charge in [-0.15, -0.1) is 0 Å². The minimum atomic E-state index is -0.542. The molecule has 1 saturated carbocycles. The van der Waals surface area contributed by atoms with E-state index in [9.17, 15) is 4.79 Å². The zero-order chi connectivity index (χ0) is 13.6. The molecule has 0 aromatic rings. The second-order valence-electron chi connectivity index (χ2n) is 6.04. The Morgan fingerprint density at radius 3 is 2.61 bits per heavy atom. The average molecular weight is 256 g/mol. The topological polar surface area (TPSA) is 64.3 Å². The summed E-state index contributed by atoms with van der Waals surface area (Å²) in [6.07, 6.45) is 5.09. The Bertz CT molecular complexity index is 265. The van der Waals surface area contributed by atoms with E-state index in [4.69, 9.17) is 10.5 Å². The Morgan fingerprint density at radius 1 is 1.44 bits per heavy atom. The highest BCUT2D eigenvalue weighted by atomic mass is 16.5. The molecular formula is C14H28N2O2. The summed E-state index contributed by atoms with van der Waals surface area (Å²) in [6.45, 7) is 7.79. The van der Waals surface area contributed by atoms with Crippen LogP contribution in [0.1, 0.15) is 52.9 Å². The predicted molar refractivity (Wildman–Crippen MR) is 73.3 cm³/mol. The number of nitrogens with two attached hydrogens (primary N) is 1. The normalized spacial score (nSPS) is 18.9. The quantitative estimate of drug-likeness (QED) is 0.586. The molecule has 18 heavy (non-hydrogen) atoms. The Hall–Kier alpha value is -0.610. The minimum absolute atomic E-state index is 0.238. The molecule has 1 fully saturated rings. The molecular weight excluding hydrogens is 228 g/mol. The van der Waals surface area contributed by atoms with Crippen LogP contribution in [0.2, 0.25) is 0 Å². The molecule has 0 heterocycles. The molecule has 0 aromatic carbocycles. The molecule has 1 atom stereocenters. The first-order chi connectivity index (χ1) is 8.44. The summed E-state index contributed by atoms with van der Waals surface area (Å²) in [5.41, 5.74) is 4.95. The molecule has 0 spiro atoms. The van der Waals surface area contributed by atoms with Crippen LogP contribution in [-0.4, -0.2) is 30.7 Å². The van der Waals surface area contributed by atoms with Crippen molar-refractivity contribution < 1.29 is 9.53 Å². The van der Waals surface area contributed by atoms with E-state index in [1.54, 1.807) is 0 Å². The zero-order valence-corrected chi connectivity index (χ0v) is 12.0. The standard InChI is InChI=1S/C14H28N2O2/c1-11(2)10-18-9-5-4-8-14(3,13(15)17)16-12-6-7-12/h11-12,16H,4-10H2,1-3H3,(H2,15,17). The van der Waals surface area contributed by atoms with Crippen LogP contribution in [0.15, 0.2) is 0 Å². The molecule has 0 aromatic heterocycles. The highest BCUT2D eigenvalue weighted by Crippen LogP contribution is 2.25. The summed E-state index contributed by atoms with van der Waals surface area (Å²) in [5, 5.41) is 3.36. The third-order valence-electron chi connectivity index (χ3n) is 3.31. The summed E-state index contributed by atoms with van der Waals surface area (Å²) in [6, 6.07) is 0.500. The molecule has 1 unspecified atom stereocenters. The number of ether oxygens (including phenoxy) is 1. The van der Waals surface area contributed by atoms with E-state index < -0.39 is 5.54 Å². The van der Waals surface area contributed by atoms with Gasteiger partial charge in [0.05, 0.1) is 5.54 Å². The van der Waals surface area contributed by atoms with Crippen molar-refractivity contribution in [2.45, 2.75) is 64.5 Å². The maximum atomic E-state index is 11.5. The number of rotatable bonds is 10. The van der Waals surface area contributed by atoms with Gasteiger partial charge in [0.1, 0.15) is 0 Å². The van der Waals surface area contributed by atoms with Gasteiger partial charge < -0.3 is 15.8 Å². The molecule has 106 valence electrons. The van der Waals surface area contributed by atoms with E-state index in [-0.39, 0.29) is 5.91 Å². The number of hydrogen-bond acceptors (Lipinski definition) is 3. The van der Waals surface area contributed by atoms with Gasteiger partial charge in [-0.05, 0) is 44.9 Å². The number of nitrogens with one attached hydrogen (secondary N) is 1. The Balaban J connectivity index is 2.15. The highest BCUT2D eigenvalue weighted by Gasteiger charge is 2.36. The average Bonchev–Trinajstić information content (AvgIpc) is 3.06. The third-order valence-corrected chi connectivity index (χ3v) is 3.31. The van der Waals surface area contributed by atoms with E-state index >= 15 is 0 Å². The van der Waals surface area contributed by atoms with Crippen molar-refractivity contribution in [1.29, 1.82) is 0 Å². The number of hydrogen-bond donors (Lipinski definition) is 2. The van der Waals surface area contributed by atoms with Crippen molar-refractivity contribution in [3.05, 3.63) is 0 Å². The summed E-state index contributed by atoms with van der Waals surface area (Å²) in [5.74, 6) is 0.343. The van der Waals surface area contributed by atoms with E-state index in [0.717, 1.165) is 32.5 Å². The number of primary amides is 1. The maximum absolute atomic E-state index is 11.5. The first kappa shape index (κ1) is 15.4. The second-order valence-corrected chi connectivity index (χ2v) is 6.04. The lowest BCUT2D eigenvalue weighted by Crippen LogP contribution is -2.53. The van der Waals surface area contributed by atoms with Crippen LogP contribution in [0, 0.1) is 5.92 Å². The molecule has 0 bridgehead atoms. The third kappa shape index (κ3) is 5.83. The molecule has 0 saturated heterocycles. The van der Waals surface area contributed by atoms with Crippen LogP contribution in [-0.2, 0) is 9.53 Å². The summed E-state index contributed by atoms with van der Waals surface area (Å²) >= 11 is 0. The fraction of sp³-hybridized carbons (Fsp3) is 0.929. The van der Waals surface area contributed by atoms with Gasteiger partial charge >= 0.3 is 0 Å². The van der Waals surface area contributed by atoms with Gasteiger partial charge in [0.2, 0.25) is 5.91 Å². The van der Waals surface area contributed by atoms with Gasteiger partial charge in [-0.25, -0.2) is 0 Å². The number of carbonyl (C=O) groups is 1. The van der Waals surface area contributed by atoms with E-state index in [0.29, 0.717) is 12.0 Å². The predicted octanol–water partition coefficient (Wildman–Crippen LogP) is 1.83. The molecule has 3 N–H and O–H groups in total. The molecule has 1 amide bonds. The van der Waals surface area contributed by atoms with Crippen molar-refractivity contribution in [2.75, 3.05) is 13.2 Å². The minimum Gasteiger partial charge on any atom is -0.381 e. The maximum Gasteiger partial charge on any atom is 0.237 e. The monoisotopic (exact) mass is 256 g/mol. The molecule has 1 aliphatic rings. The van der Waals surface area contributed by atoms with Crippen LogP contribution in [0.4, 0.5) is 0 Å². The summed E-state index contributed by atoms with van der Waals surface area (Å²) < 4.78 is 5.53.